The summed E-state index contributed by atoms with van der Waals surface area (Å²) in [6.07, 6.45) is 5.66. The number of likely N-dealkylation sites (tertiary alicyclic amines) is 1. The zero-order valence-electron chi connectivity index (χ0n) is 18.4. The molecule has 2 aromatic carbocycles. The number of fused-ring (bicyclic) bond motifs is 6. The summed E-state index contributed by atoms with van der Waals surface area (Å²) in [5.74, 6) is 1.09. The molecule has 3 aliphatic heterocycles. The minimum absolute atomic E-state index is 0.138. The van der Waals surface area contributed by atoms with E-state index < -0.39 is 0 Å². The van der Waals surface area contributed by atoms with Crippen molar-refractivity contribution in [3.8, 4) is 0 Å². The van der Waals surface area contributed by atoms with Crippen LogP contribution in [0.4, 0.5) is 5.69 Å². The standard InChI is InChI=1S/C28H26N2O2/c1-17-14-19(30-12-5-13-30)16-24-25(17)27-26(20-6-2-3-7-21(20)28(27)31)22-9-8-18(15-23(22)32-24)29-10-4-11-29/h2-3,6-9,15-17H,4-5,10-14H2,1H3. The molecule has 0 spiro atoms. The smallest absolute Gasteiger partial charge is 0.194 e. The lowest BCUT2D eigenvalue weighted by Gasteiger charge is -2.38. The number of hydrogen-bond donors (Lipinski definition) is 0. The van der Waals surface area contributed by atoms with Crippen LogP contribution in [0.3, 0.4) is 0 Å². The van der Waals surface area contributed by atoms with Crippen molar-refractivity contribution >= 4 is 33.5 Å². The molecule has 0 radical (unpaired) electrons. The van der Waals surface area contributed by atoms with Gasteiger partial charge in [-0.3, -0.25) is 4.79 Å². The maximum atomic E-state index is 13.7. The van der Waals surface area contributed by atoms with Gasteiger partial charge in [-0.1, -0.05) is 31.2 Å². The Labute approximate surface area is 186 Å². The molecule has 0 bridgehead atoms. The highest BCUT2D eigenvalue weighted by molar-refractivity contribution is 5.94. The highest BCUT2D eigenvalue weighted by Crippen LogP contribution is 2.39. The summed E-state index contributed by atoms with van der Waals surface area (Å²) >= 11 is 0. The molecule has 5 aliphatic rings. The molecule has 2 aliphatic carbocycles. The fourth-order valence-electron chi connectivity index (χ4n) is 5.73. The van der Waals surface area contributed by atoms with Gasteiger partial charge in [-0.05, 0) is 42.7 Å². The van der Waals surface area contributed by atoms with E-state index in [9.17, 15) is 4.79 Å². The number of allylic oxidation sites excluding steroid dienone is 1. The molecule has 4 heteroatoms. The molecule has 4 nitrogen and oxygen atoms in total. The molecule has 2 aromatic rings. The molecule has 2 fully saturated rings. The maximum absolute atomic E-state index is 13.7. The van der Waals surface area contributed by atoms with Crippen molar-refractivity contribution in [2.75, 3.05) is 31.1 Å². The normalized spacial score (nSPS) is 20.3. The third kappa shape index (κ3) is 2.46. The summed E-state index contributed by atoms with van der Waals surface area (Å²) in [4.78, 5) is 18.6. The first-order valence-electron chi connectivity index (χ1n) is 11.8. The van der Waals surface area contributed by atoms with Gasteiger partial charge in [0.25, 0.3) is 0 Å². The number of benzene rings is 2. The third-order valence-corrected chi connectivity index (χ3v) is 7.70. The molecule has 7 rings (SSSR count). The van der Waals surface area contributed by atoms with E-state index in [1.807, 2.05) is 18.2 Å². The van der Waals surface area contributed by atoms with Crippen LogP contribution in [0.1, 0.15) is 43.4 Å². The van der Waals surface area contributed by atoms with Gasteiger partial charge in [0.05, 0.1) is 0 Å². The zero-order valence-corrected chi connectivity index (χ0v) is 18.4. The van der Waals surface area contributed by atoms with Crippen molar-refractivity contribution in [1.29, 1.82) is 0 Å². The molecule has 0 amide bonds. The predicted octanol–water partition coefficient (Wildman–Crippen LogP) is 5.43. The van der Waals surface area contributed by atoms with E-state index >= 15 is 0 Å². The van der Waals surface area contributed by atoms with E-state index in [-0.39, 0.29) is 11.3 Å². The third-order valence-electron chi connectivity index (χ3n) is 7.70. The number of nitrogens with zero attached hydrogens (tertiary/aromatic N) is 2. The first-order chi connectivity index (χ1) is 15.7. The lowest BCUT2D eigenvalue weighted by atomic mass is 9.88. The molecule has 1 atom stereocenters. The van der Waals surface area contributed by atoms with Crippen LogP contribution < -0.4 is 10.3 Å². The fraction of sp³-hybridized carbons (Fsp3) is 0.321. The summed E-state index contributed by atoms with van der Waals surface area (Å²) in [6.45, 7) is 6.67. The lowest BCUT2D eigenvalue weighted by Crippen LogP contribution is -2.37. The van der Waals surface area contributed by atoms with Crippen LogP contribution >= 0.6 is 0 Å². The Hall–Kier alpha value is -3.27. The monoisotopic (exact) mass is 422 g/mol. The van der Waals surface area contributed by atoms with Crippen LogP contribution in [-0.2, 0) is 0 Å². The van der Waals surface area contributed by atoms with Crippen LogP contribution in [0, 0.1) is 10.4 Å². The molecule has 0 saturated carbocycles. The predicted molar refractivity (Wildman–Crippen MR) is 129 cm³/mol. The SMILES string of the molecule is CC1CC(N2CCC2)=Cc2oc3cc(N4CCC4)ccc3c3c4ccccc4c(=O)c=3c21. The van der Waals surface area contributed by atoms with Gasteiger partial charge >= 0.3 is 0 Å². The van der Waals surface area contributed by atoms with E-state index in [0.717, 1.165) is 76.1 Å². The van der Waals surface area contributed by atoms with Crippen molar-refractivity contribution in [3.63, 3.8) is 0 Å². The summed E-state index contributed by atoms with van der Waals surface area (Å²) < 4.78 is 6.70. The molecule has 1 unspecified atom stereocenters. The van der Waals surface area contributed by atoms with Crippen molar-refractivity contribution < 1.29 is 4.42 Å². The summed E-state index contributed by atoms with van der Waals surface area (Å²) in [5, 5.41) is 4.78. The van der Waals surface area contributed by atoms with E-state index in [2.05, 4.69) is 47.1 Å². The van der Waals surface area contributed by atoms with Crippen LogP contribution in [0.25, 0.3) is 27.8 Å². The van der Waals surface area contributed by atoms with E-state index in [1.54, 1.807) is 0 Å². The van der Waals surface area contributed by atoms with Gasteiger partial charge in [-0.2, -0.15) is 0 Å². The number of anilines is 1. The van der Waals surface area contributed by atoms with Crippen molar-refractivity contribution in [2.45, 2.75) is 32.1 Å². The first-order valence-corrected chi connectivity index (χ1v) is 11.8. The van der Waals surface area contributed by atoms with Crippen LogP contribution in [0.2, 0.25) is 0 Å². The van der Waals surface area contributed by atoms with Gasteiger partial charge in [0.2, 0.25) is 0 Å². The number of rotatable bonds is 2. The van der Waals surface area contributed by atoms with Gasteiger partial charge in [0, 0.05) is 76.5 Å². The van der Waals surface area contributed by atoms with Crippen LogP contribution in [0.15, 0.2) is 57.4 Å². The molecule has 0 aromatic heterocycles. The Morgan fingerprint density at radius 2 is 1.62 bits per heavy atom. The minimum Gasteiger partial charge on any atom is -0.456 e. The first kappa shape index (κ1) is 18.3. The average Bonchev–Trinajstić information content (AvgIpc) is 2.89. The minimum atomic E-state index is 0.138. The summed E-state index contributed by atoms with van der Waals surface area (Å²) in [7, 11) is 0. The quantitative estimate of drug-likeness (QED) is 0.431. The highest BCUT2D eigenvalue weighted by atomic mass is 16.3. The average molecular weight is 423 g/mol. The van der Waals surface area contributed by atoms with Gasteiger partial charge < -0.3 is 14.2 Å². The van der Waals surface area contributed by atoms with Crippen LogP contribution in [-0.4, -0.2) is 31.1 Å². The second-order valence-electron chi connectivity index (χ2n) is 9.61. The molecule has 160 valence electrons. The highest BCUT2D eigenvalue weighted by Gasteiger charge is 2.28. The Morgan fingerprint density at radius 1 is 0.875 bits per heavy atom. The lowest BCUT2D eigenvalue weighted by molar-refractivity contribution is 0.228. The van der Waals surface area contributed by atoms with E-state index in [1.165, 1.54) is 24.2 Å². The van der Waals surface area contributed by atoms with Gasteiger partial charge in [0.1, 0.15) is 11.3 Å². The summed E-state index contributed by atoms with van der Waals surface area (Å²) in [5.41, 5.74) is 4.63. The molecular formula is C28H26N2O2. The van der Waals surface area contributed by atoms with Gasteiger partial charge in [0.15, 0.2) is 5.43 Å². The molecule has 0 N–H and O–H groups in total. The Bertz CT molecular complexity index is 1560. The van der Waals surface area contributed by atoms with E-state index in [0.29, 0.717) is 0 Å². The molecular weight excluding hydrogens is 396 g/mol. The maximum Gasteiger partial charge on any atom is 0.194 e. The second kappa shape index (κ2) is 6.61. The molecule has 2 saturated heterocycles. The van der Waals surface area contributed by atoms with Crippen LogP contribution in [0.5, 0.6) is 0 Å². The van der Waals surface area contributed by atoms with Crippen molar-refractivity contribution in [3.05, 3.63) is 80.1 Å². The number of hydrogen-bond acceptors (Lipinski definition) is 4. The van der Waals surface area contributed by atoms with Gasteiger partial charge in [-0.15, -0.1) is 0 Å². The topological polar surface area (TPSA) is 36.7 Å². The Morgan fingerprint density at radius 3 is 2.34 bits per heavy atom. The Kier molecular flexibility index (Phi) is 3.79. The van der Waals surface area contributed by atoms with Crippen molar-refractivity contribution in [1.82, 2.24) is 4.90 Å². The van der Waals surface area contributed by atoms with Crippen molar-refractivity contribution in [2.24, 2.45) is 0 Å². The second-order valence-corrected chi connectivity index (χ2v) is 9.61. The summed E-state index contributed by atoms with van der Waals surface area (Å²) in [6, 6.07) is 14.6. The fourth-order valence-corrected chi connectivity index (χ4v) is 5.73. The Balaban J connectivity index is 1.66. The molecule has 32 heavy (non-hydrogen) atoms. The van der Waals surface area contributed by atoms with E-state index in [4.69, 9.17) is 4.42 Å². The largest absolute Gasteiger partial charge is 0.456 e. The zero-order chi connectivity index (χ0) is 21.4. The van der Waals surface area contributed by atoms with Gasteiger partial charge in [-0.25, -0.2) is 0 Å². The molecule has 3 heterocycles.